The molecule has 3 heterocycles. The summed E-state index contributed by atoms with van der Waals surface area (Å²) in [5.41, 5.74) is -0.485. The molecule has 0 bridgehead atoms. The summed E-state index contributed by atoms with van der Waals surface area (Å²) >= 11 is 0. The van der Waals surface area contributed by atoms with Crippen LogP contribution in [-0.2, 0) is 9.47 Å². The number of rotatable bonds is 2. The predicted molar refractivity (Wildman–Crippen MR) is 82.5 cm³/mol. The Morgan fingerprint density at radius 3 is 1.70 bits per heavy atom. The van der Waals surface area contributed by atoms with Crippen LogP contribution in [0.1, 0.15) is 68.9 Å². The fourth-order valence-electron chi connectivity index (χ4n) is 2.54. The fraction of sp³-hybridized carbons (Fsp3) is 0.529. The van der Waals surface area contributed by atoms with E-state index in [2.05, 4.69) is 9.97 Å². The van der Waals surface area contributed by atoms with Crippen molar-refractivity contribution in [1.82, 2.24) is 9.97 Å². The van der Waals surface area contributed by atoms with Crippen LogP contribution in [0, 0.1) is 10.8 Å². The van der Waals surface area contributed by atoms with E-state index in [0.29, 0.717) is 22.2 Å². The van der Waals surface area contributed by atoms with Gasteiger partial charge in [-0.25, -0.2) is 19.6 Å². The number of fused-ring (bicyclic) bond motifs is 2. The average Bonchev–Trinajstić information content (AvgIpc) is 2.96. The largest absolute Gasteiger partial charge is 0.423 e. The minimum Gasteiger partial charge on any atom is -0.423 e. The molecule has 23 heavy (non-hydrogen) atoms. The molecule has 0 aliphatic carbocycles. The molecule has 122 valence electrons. The third kappa shape index (κ3) is 2.24. The highest BCUT2D eigenvalue weighted by molar-refractivity contribution is 5.97. The summed E-state index contributed by atoms with van der Waals surface area (Å²) in [6, 6.07) is 0. The molecule has 0 saturated heterocycles. The average molecular weight is 316 g/mol. The van der Waals surface area contributed by atoms with E-state index >= 15 is 0 Å². The lowest BCUT2D eigenvalue weighted by Crippen LogP contribution is -2.31. The third-order valence-corrected chi connectivity index (χ3v) is 4.28. The lowest BCUT2D eigenvalue weighted by atomic mass is 9.88. The van der Waals surface area contributed by atoms with Crippen LogP contribution in [0.5, 0.6) is 0 Å². The molecule has 0 saturated carbocycles. The van der Waals surface area contributed by atoms with E-state index < -0.39 is 17.4 Å². The van der Waals surface area contributed by atoms with Gasteiger partial charge >= 0.3 is 11.9 Å². The van der Waals surface area contributed by atoms with Crippen molar-refractivity contribution < 1.29 is 19.1 Å². The van der Waals surface area contributed by atoms with Crippen molar-refractivity contribution in [1.29, 1.82) is 0 Å². The van der Waals surface area contributed by atoms with Crippen molar-refractivity contribution in [2.45, 2.75) is 48.0 Å². The molecule has 0 radical (unpaired) electrons. The summed E-state index contributed by atoms with van der Waals surface area (Å²) in [5, 5.41) is 0.696. The van der Waals surface area contributed by atoms with E-state index in [1.165, 1.54) is 0 Å². The number of carbonyl (C=O) groups excluding carboxylic acids is 2. The van der Waals surface area contributed by atoms with Crippen molar-refractivity contribution in [3.05, 3.63) is 22.1 Å². The van der Waals surface area contributed by atoms with Crippen molar-refractivity contribution in [2.75, 3.05) is 0 Å². The maximum absolute atomic E-state index is 12.2. The van der Waals surface area contributed by atoms with E-state index in [4.69, 9.17) is 9.47 Å². The zero-order valence-corrected chi connectivity index (χ0v) is 14.2. The van der Waals surface area contributed by atoms with Crippen LogP contribution in [-0.4, -0.2) is 21.9 Å². The van der Waals surface area contributed by atoms with E-state index in [9.17, 15) is 9.59 Å². The highest BCUT2D eigenvalue weighted by Crippen LogP contribution is 2.34. The summed E-state index contributed by atoms with van der Waals surface area (Å²) < 4.78 is 10.8. The van der Waals surface area contributed by atoms with Gasteiger partial charge in [-0.3, -0.25) is 0 Å². The molecule has 3 rings (SSSR count). The van der Waals surface area contributed by atoms with E-state index in [-0.39, 0.29) is 16.8 Å². The summed E-state index contributed by atoms with van der Waals surface area (Å²) in [5.74, 6) is -0.163. The van der Waals surface area contributed by atoms with Crippen LogP contribution >= 0.6 is 0 Å². The standard InChI is InChI=1S/C17H20N2O4/c1-7-17(5,6)13-9-11(15(21)23-13)18-8-10(19-9)14(20)22-12(8)16(2,3)4/h7H2,1-6H3. The molecule has 6 heteroatoms. The Kier molecular flexibility index (Phi) is 3.15. The Hall–Kier alpha value is -2.24. The Bertz CT molecular complexity index is 860. The highest BCUT2D eigenvalue weighted by Gasteiger charge is 2.39. The number of aromatic nitrogens is 2. The van der Waals surface area contributed by atoms with Crippen molar-refractivity contribution >= 4 is 23.5 Å². The van der Waals surface area contributed by atoms with Crippen LogP contribution in [0.2, 0.25) is 0 Å². The SMILES string of the molecule is CCC(C)(C)C1=c2nc3c(nc2C(=O)O1)=C(C(C)(C)C)OC3=O. The Balaban J connectivity index is 2.38. The van der Waals surface area contributed by atoms with Crippen LogP contribution in [0.3, 0.4) is 0 Å². The minimum atomic E-state index is -0.534. The smallest absolute Gasteiger partial charge is 0.364 e. The lowest BCUT2D eigenvalue weighted by Gasteiger charge is -2.22. The second kappa shape index (κ2) is 4.63. The Labute approximate surface area is 134 Å². The molecule has 0 aromatic carbocycles. The molecule has 0 N–H and O–H groups in total. The lowest BCUT2D eigenvalue weighted by molar-refractivity contribution is 0.0660. The third-order valence-electron chi connectivity index (χ3n) is 4.28. The molecule has 0 amide bonds. The zero-order valence-electron chi connectivity index (χ0n) is 14.2. The Morgan fingerprint density at radius 2 is 1.26 bits per heavy atom. The number of cyclic esters (lactones) is 2. The maximum atomic E-state index is 12.2. The van der Waals surface area contributed by atoms with Crippen LogP contribution < -0.4 is 10.7 Å². The first-order chi connectivity index (χ1) is 10.6. The molecular weight excluding hydrogens is 296 g/mol. The number of hydrogen-bond acceptors (Lipinski definition) is 6. The molecule has 0 unspecified atom stereocenters. The highest BCUT2D eigenvalue weighted by atomic mass is 16.5. The van der Waals surface area contributed by atoms with Crippen molar-refractivity contribution in [3.63, 3.8) is 0 Å². The predicted octanol–water partition coefficient (Wildman–Crippen LogP) is 1.52. The maximum Gasteiger partial charge on any atom is 0.364 e. The summed E-state index contributed by atoms with van der Waals surface area (Å²) in [7, 11) is 0. The van der Waals surface area contributed by atoms with Gasteiger partial charge in [0.2, 0.25) is 0 Å². The van der Waals surface area contributed by atoms with Gasteiger partial charge in [0.05, 0.1) is 0 Å². The summed E-state index contributed by atoms with van der Waals surface area (Å²) in [6.45, 7) is 11.7. The van der Waals surface area contributed by atoms with Gasteiger partial charge in [-0.2, -0.15) is 0 Å². The fourth-order valence-corrected chi connectivity index (χ4v) is 2.54. The number of hydrogen-bond donors (Lipinski definition) is 0. The van der Waals surface area contributed by atoms with Gasteiger partial charge < -0.3 is 9.47 Å². The van der Waals surface area contributed by atoms with E-state index in [1.54, 1.807) is 0 Å². The first-order valence-corrected chi connectivity index (χ1v) is 7.68. The molecule has 0 spiro atoms. The topological polar surface area (TPSA) is 78.4 Å². The zero-order chi connectivity index (χ0) is 17.2. The first-order valence-electron chi connectivity index (χ1n) is 7.68. The van der Waals surface area contributed by atoms with E-state index in [0.717, 1.165) is 6.42 Å². The minimum absolute atomic E-state index is 0.149. The molecule has 1 aromatic rings. The van der Waals surface area contributed by atoms with Gasteiger partial charge in [-0.15, -0.1) is 0 Å². The van der Waals surface area contributed by atoms with Crippen LogP contribution in [0.4, 0.5) is 0 Å². The monoisotopic (exact) mass is 316 g/mol. The molecule has 2 aliphatic heterocycles. The van der Waals surface area contributed by atoms with Gasteiger partial charge in [0.15, 0.2) is 11.4 Å². The number of esters is 2. The number of carbonyl (C=O) groups is 2. The normalized spacial score (nSPS) is 17.1. The van der Waals surface area contributed by atoms with Crippen LogP contribution in [0.25, 0.3) is 11.5 Å². The Morgan fingerprint density at radius 1 is 0.826 bits per heavy atom. The van der Waals surface area contributed by atoms with Crippen LogP contribution in [0.15, 0.2) is 0 Å². The van der Waals surface area contributed by atoms with Gasteiger partial charge in [0.25, 0.3) is 0 Å². The second-order valence-electron chi connectivity index (χ2n) is 7.54. The van der Waals surface area contributed by atoms with Crippen molar-refractivity contribution in [3.8, 4) is 0 Å². The first kappa shape index (κ1) is 15.6. The number of nitrogens with zero attached hydrogens (tertiary/aromatic N) is 2. The molecule has 1 aromatic heterocycles. The summed E-state index contributed by atoms with van der Waals surface area (Å²) in [6.07, 6.45) is 0.762. The molecule has 0 fully saturated rings. The second-order valence-corrected chi connectivity index (χ2v) is 7.54. The van der Waals surface area contributed by atoms with Gasteiger partial charge in [-0.05, 0) is 6.42 Å². The molecule has 6 nitrogen and oxygen atoms in total. The summed E-state index contributed by atoms with van der Waals surface area (Å²) in [4.78, 5) is 33.1. The molecule has 2 aliphatic rings. The molecule has 0 atom stereocenters. The van der Waals surface area contributed by atoms with E-state index in [1.807, 2.05) is 41.5 Å². The quantitative estimate of drug-likeness (QED) is 0.770. The van der Waals surface area contributed by atoms with Crippen molar-refractivity contribution in [2.24, 2.45) is 10.8 Å². The van der Waals surface area contributed by atoms with Gasteiger partial charge in [0.1, 0.15) is 22.2 Å². The number of ether oxygens (including phenoxy) is 2. The van der Waals surface area contributed by atoms with Gasteiger partial charge in [0, 0.05) is 10.8 Å². The van der Waals surface area contributed by atoms with Gasteiger partial charge in [-0.1, -0.05) is 41.5 Å². The molecular formula is C17H20N2O4.